The van der Waals surface area contributed by atoms with Crippen LogP contribution in [-0.4, -0.2) is 15.3 Å². The van der Waals surface area contributed by atoms with Gasteiger partial charge >= 0.3 is 0 Å². The Bertz CT molecular complexity index is 644. The van der Waals surface area contributed by atoms with Crippen molar-refractivity contribution in [2.24, 2.45) is 11.8 Å². The van der Waals surface area contributed by atoms with Crippen molar-refractivity contribution in [3.63, 3.8) is 0 Å². The Labute approximate surface area is 126 Å². The lowest BCUT2D eigenvalue weighted by molar-refractivity contribution is -0.122. The molecule has 3 heteroatoms. The maximum atomic E-state index is 12.6. The monoisotopic (exact) mass is 284 g/mol. The molecule has 3 nitrogen and oxygen atoms in total. The zero-order valence-electron chi connectivity index (χ0n) is 13.0. The van der Waals surface area contributed by atoms with Crippen LogP contribution in [0, 0.1) is 11.8 Å². The number of hydrogen-bond acceptors (Lipinski definition) is 2. The molecule has 1 heterocycles. The number of hydrogen-bond donors (Lipinski definition) is 0. The number of aryl methyl sites for hydroxylation is 1. The predicted molar refractivity (Wildman–Crippen MR) is 85.2 cm³/mol. The van der Waals surface area contributed by atoms with E-state index in [1.165, 1.54) is 12.8 Å². The van der Waals surface area contributed by atoms with Gasteiger partial charge in [0.05, 0.1) is 17.5 Å². The lowest BCUT2D eigenvalue weighted by Gasteiger charge is -2.10. The summed E-state index contributed by atoms with van der Waals surface area (Å²) in [6.45, 7) is 5.21. The Kier molecular flexibility index (Phi) is 4.09. The summed E-state index contributed by atoms with van der Waals surface area (Å²) in [5.41, 5.74) is 2.14. The number of imidazole rings is 1. The van der Waals surface area contributed by atoms with Gasteiger partial charge in [-0.3, -0.25) is 4.79 Å². The number of fused-ring (bicyclic) bond motifs is 1. The van der Waals surface area contributed by atoms with Gasteiger partial charge in [0.25, 0.3) is 0 Å². The summed E-state index contributed by atoms with van der Waals surface area (Å²) in [7, 11) is 0. The summed E-state index contributed by atoms with van der Waals surface area (Å²) < 4.78 is 2.18. The smallest absolute Gasteiger partial charge is 0.143 e. The first kappa shape index (κ1) is 14.3. The maximum absolute atomic E-state index is 12.6. The third-order valence-electron chi connectivity index (χ3n) is 4.96. The van der Waals surface area contributed by atoms with E-state index in [1.807, 2.05) is 18.2 Å². The maximum Gasteiger partial charge on any atom is 0.143 e. The first-order chi connectivity index (χ1) is 10.2. The average molecular weight is 284 g/mol. The lowest BCUT2D eigenvalue weighted by Crippen LogP contribution is -2.17. The van der Waals surface area contributed by atoms with E-state index in [0.717, 1.165) is 42.2 Å². The molecule has 1 aromatic heterocycles. The van der Waals surface area contributed by atoms with E-state index in [-0.39, 0.29) is 5.92 Å². The minimum absolute atomic E-state index is 0.264. The highest BCUT2D eigenvalue weighted by atomic mass is 16.1. The molecule has 2 unspecified atom stereocenters. The quantitative estimate of drug-likeness (QED) is 0.832. The van der Waals surface area contributed by atoms with E-state index < -0.39 is 0 Å². The second-order valence-electron chi connectivity index (χ2n) is 6.19. The predicted octanol–water partition coefficient (Wildman–Crippen LogP) is 3.99. The Morgan fingerprint density at radius 1 is 1.29 bits per heavy atom. The molecular formula is C18H24N2O. The Balaban J connectivity index is 1.80. The van der Waals surface area contributed by atoms with Crippen molar-refractivity contribution in [1.82, 2.24) is 9.55 Å². The molecular weight excluding hydrogens is 260 g/mol. The van der Waals surface area contributed by atoms with Gasteiger partial charge in [0.1, 0.15) is 11.6 Å². The third kappa shape index (κ3) is 2.74. The van der Waals surface area contributed by atoms with Gasteiger partial charge in [-0.05, 0) is 44.2 Å². The first-order valence-electron chi connectivity index (χ1n) is 8.19. The molecule has 3 rings (SSSR count). The van der Waals surface area contributed by atoms with E-state index >= 15 is 0 Å². The molecule has 0 bridgehead atoms. The second-order valence-corrected chi connectivity index (χ2v) is 6.19. The second kappa shape index (κ2) is 6.00. The molecule has 0 aliphatic heterocycles. The molecule has 1 saturated carbocycles. The molecule has 1 aliphatic rings. The fourth-order valence-electron chi connectivity index (χ4n) is 3.65. The summed E-state index contributed by atoms with van der Waals surface area (Å²) in [4.78, 5) is 17.2. The highest BCUT2D eigenvalue weighted by Gasteiger charge is 2.29. The number of para-hydroxylation sites is 2. The molecule has 0 N–H and O–H groups in total. The zero-order chi connectivity index (χ0) is 14.8. The molecule has 1 aromatic carbocycles. The van der Waals surface area contributed by atoms with Crippen molar-refractivity contribution in [2.45, 2.75) is 52.5 Å². The van der Waals surface area contributed by atoms with E-state index in [0.29, 0.717) is 12.2 Å². The lowest BCUT2D eigenvalue weighted by atomic mass is 9.97. The molecule has 0 saturated heterocycles. The molecule has 112 valence electrons. The number of carbonyl (C=O) groups is 1. The van der Waals surface area contributed by atoms with Crippen molar-refractivity contribution in [3.8, 4) is 0 Å². The minimum atomic E-state index is 0.264. The van der Waals surface area contributed by atoms with Crippen LogP contribution in [0.2, 0.25) is 0 Å². The highest BCUT2D eigenvalue weighted by Crippen LogP contribution is 2.34. The van der Waals surface area contributed by atoms with E-state index in [4.69, 9.17) is 0 Å². The van der Waals surface area contributed by atoms with Crippen molar-refractivity contribution in [3.05, 3.63) is 30.1 Å². The minimum Gasteiger partial charge on any atom is -0.328 e. The first-order valence-corrected chi connectivity index (χ1v) is 8.19. The number of Topliss-reactive ketones (excluding diaryl/α,β-unsaturated/α-hetero) is 1. The Morgan fingerprint density at radius 3 is 2.81 bits per heavy atom. The SMILES string of the molecule is CCC1CCC(C(=O)Cc2nc3ccccc3n2CC)C1. The van der Waals surface area contributed by atoms with Crippen molar-refractivity contribution in [2.75, 3.05) is 0 Å². The van der Waals surface area contributed by atoms with Gasteiger partial charge in [0, 0.05) is 12.5 Å². The summed E-state index contributed by atoms with van der Waals surface area (Å²) >= 11 is 0. The summed E-state index contributed by atoms with van der Waals surface area (Å²) in [6, 6.07) is 8.15. The number of ketones is 1. The van der Waals surface area contributed by atoms with Crippen LogP contribution < -0.4 is 0 Å². The van der Waals surface area contributed by atoms with Gasteiger partial charge in [0.2, 0.25) is 0 Å². The molecule has 21 heavy (non-hydrogen) atoms. The third-order valence-corrected chi connectivity index (χ3v) is 4.96. The molecule has 1 aliphatic carbocycles. The largest absolute Gasteiger partial charge is 0.328 e. The fraction of sp³-hybridized carbons (Fsp3) is 0.556. The van der Waals surface area contributed by atoms with Crippen LogP contribution in [0.25, 0.3) is 11.0 Å². The van der Waals surface area contributed by atoms with Crippen LogP contribution in [0.1, 0.15) is 45.4 Å². The van der Waals surface area contributed by atoms with Gasteiger partial charge in [0.15, 0.2) is 0 Å². The summed E-state index contributed by atoms with van der Waals surface area (Å²) in [5.74, 6) is 2.34. The van der Waals surface area contributed by atoms with Gasteiger partial charge in [-0.2, -0.15) is 0 Å². The topological polar surface area (TPSA) is 34.9 Å². The molecule has 2 atom stereocenters. The molecule has 0 radical (unpaired) electrons. The summed E-state index contributed by atoms with van der Waals surface area (Å²) in [5, 5.41) is 0. The van der Waals surface area contributed by atoms with Crippen molar-refractivity contribution >= 4 is 16.8 Å². The molecule has 1 fully saturated rings. The number of carbonyl (C=O) groups excluding carboxylic acids is 1. The van der Waals surface area contributed by atoms with E-state index in [1.54, 1.807) is 0 Å². The van der Waals surface area contributed by atoms with Gasteiger partial charge < -0.3 is 4.57 Å². The number of aromatic nitrogens is 2. The van der Waals surface area contributed by atoms with Crippen LogP contribution in [0.15, 0.2) is 24.3 Å². The zero-order valence-corrected chi connectivity index (χ0v) is 13.0. The van der Waals surface area contributed by atoms with Crippen LogP contribution in [0.5, 0.6) is 0 Å². The van der Waals surface area contributed by atoms with Gasteiger partial charge in [-0.15, -0.1) is 0 Å². The molecule has 0 amide bonds. The van der Waals surface area contributed by atoms with Crippen LogP contribution in [0.3, 0.4) is 0 Å². The van der Waals surface area contributed by atoms with Gasteiger partial charge in [-0.1, -0.05) is 25.5 Å². The molecule has 2 aromatic rings. The fourth-order valence-corrected chi connectivity index (χ4v) is 3.65. The van der Waals surface area contributed by atoms with Crippen LogP contribution in [-0.2, 0) is 17.8 Å². The number of nitrogens with zero attached hydrogens (tertiary/aromatic N) is 2. The number of rotatable bonds is 5. The Hall–Kier alpha value is -1.64. The number of benzene rings is 1. The summed E-state index contributed by atoms with van der Waals surface area (Å²) in [6.07, 6.45) is 5.07. The van der Waals surface area contributed by atoms with Crippen molar-refractivity contribution in [1.29, 1.82) is 0 Å². The Morgan fingerprint density at radius 2 is 2.10 bits per heavy atom. The molecule has 0 spiro atoms. The van der Waals surface area contributed by atoms with Crippen molar-refractivity contribution < 1.29 is 4.79 Å². The van der Waals surface area contributed by atoms with Gasteiger partial charge in [-0.25, -0.2) is 4.98 Å². The standard InChI is InChI=1S/C18H24N2O/c1-3-13-9-10-14(11-13)17(21)12-18-19-15-7-5-6-8-16(15)20(18)4-2/h5-8,13-14H,3-4,9-12H2,1-2H3. The normalized spacial score (nSPS) is 22.0. The van der Waals surface area contributed by atoms with Crippen LogP contribution >= 0.6 is 0 Å². The van der Waals surface area contributed by atoms with E-state index in [9.17, 15) is 4.79 Å². The highest BCUT2D eigenvalue weighted by molar-refractivity contribution is 5.84. The van der Waals surface area contributed by atoms with E-state index in [2.05, 4.69) is 29.5 Å². The van der Waals surface area contributed by atoms with Crippen LogP contribution in [0.4, 0.5) is 0 Å². The average Bonchev–Trinajstić information content (AvgIpc) is 3.11.